The molecule has 1 aromatic rings. The van der Waals surface area contributed by atoms with Crippen LogP contribution in [0.15, 0.2) is 18.2 Å². The first kappa shape index (κ1) is 20.8. The number of carbonyl (C=O) groups excluding carboxylic acids is 2. The highest BCUT2D eigenvalue weighted by Crippen LogP contribution is 2.22. The Hall–Kier alpha value is -2.28. The topological polar surface area (TPSA) is 103 Å². The second-order valence-corrected chi connectivity index (χ2v) is 7.00. The average molecular weight is 351 g/mol. The van der Waals surface area contributed by atoms with E-state index in [2.05, 4.69) is 10.6 Å². The minimum atomic E-state index is -0.674. The molecule has 0 heterocycles. The molecule has 0 fully saturated rings. The Bertz CT molecular complexity index is 587. The Morgan fingerprint density at radius 3 is 2.04 bits per heavy atom. The number of benzene rings is 1. The maximum Gasteiger partial charge on any atom is 0.252 e. The van der Waals surface area contributed by atoms with Gasteiger partial charge in [0.25, 0.3) is 5.91 Å². The standard InChI is InChI=1S/C18H29N3O4/c1-11(2)15(17(23)20-10-18(3,4)19)21-16(22)12-7-13(24-5)9-14(8-12)25-6/h7-9,11,15H,10,19H2,1-6H3,(H,20,23)(H,21,22). The van der Waals surface area contributed by atoms with Gasteiger partial charge >= 0.3 is 0 Å². The molecule has 140 valence electrons. The second kappa shape index (κ2) is 8.71. The number of nitrogens with two attached hydrogens (primary N) is 1. The van der Waals surface area contributed by atoms with Crippen LogP contribution in [-0.2, 0) is 4.79 Å². The molecular weight excluding hydrogens is 322 g/mol. The third-order valence-electron chi connectivity index (χ3n) is 3.57. The first-order valence-electron chi connectivity index (χ1n) is 8.18. The number of ether oxygens (including phenoxy) is 2. The van der Waals surface area contributed by atoms with E-state index in [4.69, 9.17) is 15.2 Å². The summed E-state index contributed by atoms with van der Waals surface area (Å²) >= 11 is 0. The zero-order valence-corrected chi connectivity index (χ0v) is 15.8. The van der Waals surface area contributed by atoms with Crippen LogP contribution in [0.2, 0.25) is 0 Å². The zero-order chi connectivity index (χ0) is 19.2. The van der Waals surface area contributed by atoms with Crippen molar-refractivity contribution in [1.82, 2.24) is 10.6 Å². The predicted molar refractivity (Wildman–Crippen MR) is 96.9 cm³/mol. The molecule has 0 aliphatic rings. The van der Waals surface area contributed by atoms with Crippen LogP contribution in [0, 0.1) is 5.92 Å². The molecule has 0 aliphatic carbocycles. The third-order valence-corrected chi connectivity index (χ3v) is 3.57. The fourth-order valence-corrected chi connectivity index (χ4v) is 2.12. The van der Waals surface area contributed by atoms with Gasteiger partial charge in [0, 0.05) is 23.7 Å². The van der Waals surface area contributed by atoms with Gasteiger partial charge in [0.15, 0.2) is 0 Å². The van der Waals surface area contributed by atoms with E-state index in [0.29, 0.717) is 23.6 Å². The minimum Gasteiger partial charge on any atom is -0.497 e. The predicted octanol–water partition coefficient (Wildman–Crippen LogP) is 1.31. The van der Waals surface area contributed by atoms with Crippen LogP contribution < -0.4 is 25.8 Å². The van der Waals surface area contributed by atoms with Gasteiger partial charge in [-0.3, -0.25) is 9.59 Å². The molecule has 0 bridgehead atoms. The SMILES string of the molecule is COc1cc(OC)cc(C(=O)NC(C(=O)NCC(C)(C)N)C(C)C)c1. The summed E-state index contributed by atoms with van der Waals surface area (Å²) in [4.78, 5) is 25.0. The van der Waals surface area contributed by atoms with Crippen molar-refractivity contribution in [2.24, 2.45) is 11.7 Å². The molecule has 1 aromatic carbocycles. The molecule has 7 heteroatoms. The Kier molecular flexibility index (Phi) is 7.23. The van der Waals surface area contributed by atoms with Crippen LogP contribution in [0.4, 0.5) is 0 Å². The number of carbonyl (C=O) groups is 2. The molecule has 1 atom stereocenters. The van der Waals surface area contributed by atoms with Gasteiger partial charge in [-0.05, 0) is 31.9 Å². The summed E-state index contributed by atoms with van der Waals surface area (Å²) < 4.78 is 10.3. The molecule has 1 rings (SSSR count). The lowest BCUT2D eigenvalue weighted by Crippen LogP contribution is -2.53. The maximum absolute atomic E-state index is 12.6. The van der Waals surface area contributed by atoms with Crippen LogP contribution in [0.1, 0.15) is 38.1 Å². The number of methoxy groups -OCH3 is 2. The Morgan fingerprint density at radius 2 is 1.64 bits per heavy atom. The van der Waals surface area contributed by atoms with E-state index >= 15 is 0 Å². The van der Waals surface area contributed by atoms with Crippen molar-refractivity contribution in [3.8, 4) is 11.5 Å². The first-order chi connectivity index (χ1) is 11.6. The van der Waals surface area contributed by atoms with E-state index in [1.807, 2.05) is 27.7 Å². The Balaban J connectivity index is 2.91. The summed E-state index contributed by atoms with van der Waals surface area (Å²) in [5.41, 5.74) is 5.72. The van der Waals surface area contributed by atoms with Crippen molar-refractivity contribution in [3.63, 3.8) is 0 Å². The molecule has 0 radical (unpaired) electrons. The lowest BCUT2D eigenvalue weighted by molar-refractivity contribution is -0.124. The van der Waals surface area contributed by atoms with Crippen LogP contribution in [-0.4, -0.2) is 44.2 Å². The fraction of sp³-hybridized carbons (Fsp3) is 0.556. The number of rotatable bonds is 8. The van der Waals surface area contributed by atoms with Gasteiger partial charge in [0.1, 0.15) is 17.5 Å². The van der Waals surface area contributed by atoms with Gasteiger partial charge in [0.05, 0.1) is 14.2 Å². The second-order valence-electron chi connectivity index (χ2n) is 7.00. The molecule has 2 amide bonds. The molecule has 4 N–H and O–H groups in total. The van der Waals surface area contributed by atoms with E-state index in [0.717, 1.165) is 0 Å². The summed E-state index contributed by atoms with van der Waals surface area (Å²) in [7, 11) is 3.02. The molecule has 0 saturated carbocycles. The summed E-state index contributed by atoms with van der Waals surface area (Å²) in [6.07, 6.45) is 0. The van der Waals surface area contributed by atoms with E-state index < -0.39 is 11.6 Å². The van der Waals surface area contributed by atoms with Gasteiger partial charge in [-0.15, -0.1) is 0 Å². The molecular formula is C18H29N3O4. The van der Waals surface area contributed by atoms with Crippen molar-refractivity contribution in [3.05, 3.63) is 23.8 Å². The zero-order valence-electron chi connectivity index (χ0n) is 15.8. The third kappa shape index (κ3) is 6.62. The molecule has 0 aliphatic heterocycles. The maximum atomic E-state index is 12.6. The summed E-state index contributed by atoms with van der Waals surface area (Å²) in [6.45, 7) is 7.68. The lowest BCUT2D eigenvalue weighted by Gasteiger charge is -2.25. The van der Waals surface area contributed by atoms with Gasteiger partial charge in [-0.2, -0.15) is 0 Å². The van der Waals surface area contributed by atoms with E-state index in [-0.39, 0.29) is 17.7 Å². The van der Waals surface area contributed by atoms with Crippen LogP contribution in [0.5, 0.6) is 11.5 Å². The van der Waals surface area contributed by atoms with Gasteiger partial charge < -0.3 is 25.8 Å². The normalized spacial score (nSPS) is 12.5. The fourth-order valence-electron chi connectivity index (χ4n) is 2.12. The molecule has 7 nitrogen and oxygen atoms in total. The van der Waals surface area contributed by atoms with Gasteiger partial charge in [0.2, 0.25) is 5.91 Å². The van der Waals surface area contributed by atoms with Crippen molar-refractivity contribution < 1.29 is 19.1 Å². The highest BCUT2D eigenvalue weighted by atomic mass is 16.5. The first-order valence-corrected chi connectivity index (χ1v) is 8.18. The van der Waals surface area contributed by atoms with Crippen molar-refractivity contribution in [2.75, 3.05) is 20.8 Å². The largest absolute Gasteiger partial charge is 0.497 e. The molecule has 0 spiro atoms. The van der Waals surface area contributed by atoms with Crippen LogP contribution >= 0.6 is 0 Å². The van der Waals surface area contributed by atoms with Crippen LogP contribution in [0.3, 0.4) is 0 Å². The van der Waals surface area contributed by atoms with Gasteiger partial charge in [-0.1, -0.05) is 13.8 Å². The summed E-state index contributed by atoms with van der Waals surface area (Å²) in [5, 5.41) is 5.55. The molecule has 0 aromatic heterocycles. The monoisotopic (exact) mass is 351 g/mol. The number of hydrogen-bond donors (Lipinski definition) is 3. The summed E-state index contributed by atoms with van der Waals surface area (Å²) in [6, 6.07) is 4.19. The Labute approximate surface area is 149 Å². The lowest BCUT2D eigenvalue weighted by atomic mass is 10.0. The molecule has 1 unspecified atom stereocenters. The minimum absolute atomic E-state index is 0.0858. The summed E-state index contributed by atoms with van der Waals surface area (Å²) in [5.74, 6) is 0.270. The van der Waals surface area contributed by atoms with E-state index in [9.17, 15) is 9.59 Å². The number of amides is 2. The quantitative estimate of drug-likeness (QED) is 0.655. The van der Waals surface area contributed by atoms with Gasteiger partial charge in [-0.25, -0.2) is 0 Å². The highest BCUT2D eigenvalue weighted by molar-refractivity contribution is 5.98. The van der Waals surface area contributed by atoms with Crippen molar-refractivity contribution in [1.29, 1.82) is 0 Å². The highest BCUT2D eigenvalue weighted by Gasteiger charge is 2.26. The number of nitrogens with one attached hydrogen (secondary N) is 2. The Morgan fingerprint density at radius 1 is 1.12 bits per heavy atom. The van der Waals surface area contributed by atoms with Crippen LogP contribution in [0.25, 0.3) is 0 Å². The van der Waals surface area contributed by atoms with E-state index in [1.165, 1.54) is 14.2 Å². The number of hydrogen-bond acceptors (Lipinski definition) is 5. The van der Waals surface area contributed by atoms with E-state index in [1.54, 1.807) is 18.2 Å². The smallest absolute Gasteiger partial charge is 0.252 e. The van der Waals surface area contributed by atoms with Crippen molar-refractivity contribution >= 4 is 11.8 Å². The molecule has 25 heavy (non-hydrogen) atoms. The van der Waals surface area contributed by atoms with Crippen molar-refractivity contribution in [2.45, 2.75) is 39.3 Å². The average Bonchev–Trinajstić information content (AvgIpc) is 2.55. The molecule has 0 saturated heterocycles.